The standard InChI is InChI=1S/C17H26N2O3/c1-19(14-5-4-9-18-10-8-14)17(20)12-13-6-7-15(21-2)16(11-13)22-3/h6-7,11,14,18H,4-5,8-10,12H2,1-3H3. The van der Waals surface area contributed by atoms with E-state index in [-0.39, 0.29) is 5.91 Å². The monoisotopic (exact) mass is 306 g/mol. The Balaban J connectivity index is 2.01. The van der Waals surface area contributed by atoms with Crippen LogP contribution in [0.25, 0.3) is 0 Å². The minimum Gasteiger partial charge on any atom is -0.493 e. The first-order valence-electron chi connectivity index (χ1n) is 7.83. The molecule has 1 aromatic carbocycles. The zero-order chi connectivity index (χ0) is 15.9. The summed E-state index contributed by atoms with van der Waals surface area (Å²) >= 11 is 0. The molecular weight excluding hydrogens is 280 g/mol. The molecule has 1 aliphatic heterocycles. The average Bonchev–Trinajstić information content (AvgIpc) is 2.83. The summed E-state index contributed by atoms with van der Waals surface area (Å²) in [5.41, 5.74) is 0.946. The van der Waals surface area contributed by atoms with E-state index in [4.69, 9.17) is 9.47 Å². The Labute approximate surface area is 132 Å². The third-order valence-corrected chi connectivity index (χ3v) is 4.29. The molecule has 1 aromatic rings. The number of ether oxygens (including phenoxy) is 2. The first-order chi connectivity index (χ1) is 10.7. The highest BCUT2D eigenvalue weighted by atomic mass is 16.5. The Hall–Kier alpha value is -1.75. The molecule has 1 unspecified atom stereocenters. The lowest BCUT2D eigenvalue weighted by Crippen LogP contribution is -2.38. The number of methoxy groups -OCH3 is 2. The highest BCUT2D eigenvalue weighted by Crippen LogP contribution is 2.28. The first kappa shape index (κ1) is 16.6. The lowest BCUT2D eigenvalue weighted by Gasteiger charge is -2.27. The van der Waals surface area contributed by atoms with Crippen LogP contribution in [0.2, 0.25) is 0 Å². The fraction of sp³-hybridized carbons (Fsp3) is 0.588. The molecule has 0 radical (unpaired) electrons. The number of nitrogens with one attached hydrogen (secondary N) is 1. The molecule has 0 aromatic heterocycles. The molecule has 0 spiro atoms. The van der Waals surface area contributed by atoms with Crippen molar-refractivity contribution < 1.29 is 14.3 Å². The first-order valence-corrected chi connectivity index (χ1v) is 7.83. The van der Waals surface area contributed by atoms with Crippen LogP contribution < -0.4 is 14.8 Å². The van der Waals surface area contributed by atoms with Gasteiger partial charge in [-0.2, -0.15) is 0 Å². The van der Waals surface area contributed by atoms with Crippen molar-refractivity contribution in [1.82, 2.24) is 10.2 Å². The average molecular weight is 306 g/mol. The molecule has 1 heterocycles. The van der Waals surface area contributed by atoms with E-state index < -0.39 is 0 Å². The van der Waals surface area contributed by atoms with E-state index >= 15 is 0 Å². The van der Waals surface area contributed by atoms with E-state index in [1.165, 1.54) is 0 Å². The number of rotatable bonds is 5. The minimum atomic E-state index is 0.152. The van der Waals surface area contributed by atoms with Crippen LogP contribution in [-0.4, -0.2) is 51.2 Å². The predicted molar refractivity (Wildman–Crippen MR) is 86.5 cm³/mol. The van der Waals surface area contributed by atoms with Crippen LogP contribution in [0.3, 0.4) is 0 Å². The molecule has 5 heteroatoms. The minimum absolute atomic E-state index is 0.152. The van der Waals surface area contributed by atoms with Gasteiger partial charge < -0.3 is 19.7 Å². The van der Waals surface area contributed by atoms with Gasteiger partial charge in [0.15, 0.2) is 11.5 Å². The highest BCUT2D eigenvalue weighted by Gasteiger charge is 2.21. The van der Waals surface area contributed by atoms with Crippen molar-refractivity contribution in [2.75, 3.05) is 34.4 Å². The fourth-order valence-electron chi connectivity index (χ4n) is 2.88. The molecule has 0 bridgehead atoms. The van der Waals surface area contributed by atoms with Gasteiger partial charge in [0.2, 0.25) is 5.91 Å². The van der Waals surface area contributed by atoms with Crippen LogP contribution in [0, 0.1) is 0 Å². The lowest BCUT2D eigenvalue weighted by atomic mass is 10.1. The Bertz CT molecular complexity index is 497. The lowest BCUT2D eigenvalue weighted by molar-refractivity contribution is -0.131. The van der Waals surface area contributed by atoms with E-state index in [1.807, 2.05) is 30.1 Å². The third kappa shape index (κ3) is 4.13. The van der Waals surface area contributed by atoms with Gasteiger partial charge in [0.25, 0.3) is 0 Å². The number of likely N-dealkylation sites (N-methyl/N-ethyl adjacent to an activating group) is 1. The molecule has 1 N–H and O–H groups in total. The van der Waals surface area contributed by atoms with Crippen LogP contribution >= 0.6 is 0 Å². The van der Waals surface area contributed by atoms with Crippen molar-refractivity contribution in [2.24, 2.45) is 0 Å². The predicted octanol–water partition coefficient (Wildman–Crippen LogP) is 1.85. The van der Waals surface area contributed by atoms with E-state index in [0.29, 0.717) is 24.0 Å². The zero-order valence-electron chi connectivity index (χ0n) is 13.7. The number of hydrogen-bond acceptors (Lipinski definition) is 4. The highest BCUT2D eigenvalue weighted by molar-refractivity contribution is 5.79. The summed E-state index contributed by atoms with van der Waals surface area (Å²) in [6, 6.07) is 5.97. The molecule has 1 saturated heterocycles. The number of carbonyl (C=O) groups is 1. The van der Waals surface area contributed by atoms with Gasteiger partial charge in [-0.1, -0.05) is 6.07 Å². The maximum atomic E-state index is 12.5. The largest absolute Gasteiger partial charge is 0.493 e. The molecule has 1 aliphatic rings. The topological polar surface area (TPSA) is 50.8 Å². The van der Waals surface area contributed by atoms with Gasteiger partial charge in [-0.05, 0) is 50.0 Å². The number of carbonyl (C=O) groups excluding carboxylic acids is 1. The number of nitrogens with zero attached hydrogens (tertiary/aromatic N) is 1. The quantitative estimate of drug-likeness (QED) is 0.902. The second-order valence-electron chi connectivity index (χ2n) is 5.71. The van der Waals surface area contributed by atoms with Crippen LogP contribution in [0.5, 0.6) is 11.5 Å². The Morgan fingerprint density at radius 1 is 1.23 bits per heavy atom. The molecule has 122 valence electrons. The van der Waals surface area contributed by atoms with Crippen molar-refractivity contribution in [3.63, 3.8) is 0 Å². The van der Waals surface area contributed by atoms with Gasteiger partial charge in [0.1, 0.15) is 0 Å². The molecule has 0 aliphatic carbocycles. The smallest absolute Gasteiger partial charge is 0.226 e. The van der Waals surface area contributed by atoms with Crippen molar-refractivity contribution in [3.05, 3.63) is 23.8 Å². The van der Waals surface area contributed by atoms with Crippen LogP contribution in [0.4, 0.5) is 0 Å². The fourth-order valence-corrected chi connectivity index (χ4v) is 2.88. The molecule has 5 nitrogen and oxygen atoms in total. The van der Waals surface area contributed by atoms with Crippen LogP contribution in [0.1, 0.15) is 24.8 Å². The summed E-state index contributed by atoms with van der Waals surface area (Å²) in [6.45, 7) is 2.03. The van der Waals surface area contributed by atoms with Crippen molar-refractivity contribution in [2.45, 2.75) is 31.7 Å². The Morgan fingerprint density at radius 2 is 2.00 bits per heavy atom. The SMILES string of the molecule is COc1ccc(CC(=O)N(C)C2CCCNCC2)cc1OC. The van der Waals surface area contributed by atoms with E-state index in [0.717, 1.165) is 37.9 Å². The molecule has 2 rings (SSSR count). The molecular formula is C17H26N2O3. The Morgan fingerprint density at radius 3 is 2.73 bits per heavy atom. The van der Waals surface area contributed by atoms with Gasteiger partial charge in [0, 0.05) is 13.1 Å². The van der Waals surface area contributed by atoms with Crippen molar-refractivity contribution >= 4 is 5.91 Å². The van der Waals surface area contributed by atoms with E-state index in [9.17, 15) is 4.79 Å². The van der Waals surface area contributed by atoms with Crippen LogP contribution in [0.15, 0.2) is 18.2 Å². The van der Waals surface area contributed by atoms with Gasteiger partial charge in [-0.3, -0.25) is 4.79 Å². The van der Waals surface area contributed by atoms with Gasteiger partial charge in [0.05, 0.1) is 20.6 Å². The molecule has 22 heavy (non-hydrogen) atoms. The summed E-state index contributed by atoms with van der Waals surface area (Å²) in [5.74, 6) is 1.50. The second kappa shape index (κ2) is 8.03. The van der Waals surface area contributed by atoms with Crippen molar-refractivity contribution in [1.29, 1.82) is 0 Å². The summed E-state index contributed by atoms with van der Waals surface area (Å²) in [4.78, 5) is 14.4. The zero-order valence-corrected chi connectivity index (χ0v) is 13.7. The molecule has 1 amide bonds. The van der Waals surface area contributed by atoms with E-state index in [2.05, 4.69) is 5.32 Å². The third-order valence-electron chi connectivity index (χ3n) is 4.29. The van der Waals surface area contributed by atoms with E-state index in [1.54, 1.807) is 14.2 Å². The van der Waals surface area contributed by atoms with Gasteiger partial charge in [-0.25, -0.2) is 0 Å². The summed E-state index contributed by atoms with van der Waals surface area (Å²) in [5, 5.41) is 3.38. The molecule has 1 atom stereocenters. The molecule has 0 saturated carbocycles. The van der Waals surface area contributed by atoms with Crippen molar-refractivity contribution in [3.8, 4) is 11.5 Å². The summed E-state index contributed by atoms with van der Waals surface area (Å²) in [7, 11) is 5.13. The number of hydrogen-bond donors (Lipinski definition) is 1. The normalized spacial score (nSPS) is 18.4. The maximum absolute atomic E-state index is 12.5. The van der Waals surface area contributed by atoms with Gasteiger partial charge in [-0.15, -0.1) is 0 Å². The Kier molecular flexibility index (Phi) is 6.07. The second-order valence-corrected chi connectivity index (χ2v) is 5.71. The summed E-state index contributed by atoms with van der Waals surface area (Å²) in [6.07, 6.45) is 3.61. The summed E-state index contributed by atoms with van der Waals surface area (Å²) < 4.78 is 10.5. The van der Waals surface area contributed by atoms with Gasteiger partial charge >= 0.3 is 0 Å². The number of benzene rings is 1. The van der Waals surface area contributed by atoms with Crippen LogP contribution in [-0.2, 0) is 11.2 Å². The number of amides is 1. The maximum Gasteiger partial charge on any atom is 0.226 e. The molecule has 1 fully saturated rings.